The number of amides is 3. The number of aromatic nitrogens is 1. The number of hydrogen-bond acceptors (Lipinski definition) is 4. The summed E-state index contributed by atoms with van der Waals surface area (Å²) in [4.78, 5) is 32.4. The Labute approximate surface area is 137 Å². The summed E-state index contributed by atoms with van der Waals surface area (Å²) in [6, 6.07) is 9.42. The van der Waals surface area contributed by atoms with Crippen molar-refractivity contribution in [2.45, 2.75) is 6.04 Å². The van der Waals surface area contributed by atoms with Gasteiger partial charge in [0.25, 0.3) is 5.91 Å². The van der Waals surface area contributed by atoms with Crippen molar-refractivity contribution < 1.29 is 9.59 Å². The first-order valence-electron chi connectivity index (χ1n) is 7.52. The van der Waals surface area contributed by atoms with Gasteiger partial charge in [-0.15, -0.1) is 11.3 Å². The number of urea groups is 1. The molecule has 23 heavy (non-hydrogen) atoms. The largest absolute Gasteiger partial charge is 0.332 e. The van der Waals surface area contributed by atoms with Crippen LogP contribution in [-0.2, 0) is 0 Å². The second kappa shape index (κ2) is 5.66. The summed E-state index contributed by atoms with van der Waals surface area (Å²) >= 11 is 1.42. The van der Waals surface area contributed by atoms with Gasteiger partial charge in [-0.05, 0) is 12.1 Å². The maximum absolute atomic E-state index is 12.3. The van der Waals surface area contributed by atoms with E-state index in [9.17, 15) is 9.59 Å². The van der Waals surface area contributed by atoms with Crippen molar-refractivity contribution in [1.29, 1.82) is 0 Å². The molecule has 1 aromatic carbocycles. The van der Waals surface area contributed by atoms with Gasteiger partial charge in [-0.2, -0.15) is 0 Å². The van der Waals surface area contributed by atoms with Crippen LogP contribution in [0.3, 0.4) is 0 Å². The van der Waals surface area contributed by atoms with E-state index >= 15 is 0 Å². The van der Waals surface area contributed by atoms with E-state index in [1.54, 1.807) is 15.8 Å². The molecule has 7 heteroatoms. The standard InChI is InChI=1S/C16H16N4O2S/c21-15(13-9-23-10-17-13)20-7-11-6-19(8-14(11)20)16(22)18-12-4-2-1-3-5-12/h1-5,9-11,14H,6-8H2,(H,18,22)/t11-,14+/m1/s1. The molecular weight excluding hydrogens is 312 g/mol. The van der Waals surface area contributed by atoms with Crippen LogP contribution in [0.1, 0.15) is 10.5 Å². The van der Waals surface area contributed by atoms with E-state index in [0.29, 0.717) is 31.2 Å². The number of fused-ring (bicyclic) bond motifs is 1. The molecule has 0 saturated carbocycles. The molecule has 0 spiro atoms. The number of benzene rings is 1. The van der Waals surface area contributed by atoms with Gasteiger partial charge in [-0.3, -0.25) is 4.79 Å². The molecule has 1 aromatic heterocycles. The zero-order valence-electron chi connectivity index (χ0n) is 12.4. The van der Waals surface area contributed by atoms with Crippen molar-refractivity contribution in [1.82, 2.24) is 14.8 Å². The molecule has 2 aromatic rings. The minimum atomic E-state index is -0.105. The van der Waals surface area contributed by atoms with E-state index in [-0.39, 0.29) is 18.0 Å². The Kier molecular flexibility index (Phi) is 3.49. The van der Waals surface area contributed by atoms with Crippen LogP contribution >= 0.6 is 11.3 Å². The van der Waals surface area contributed by atoms with Crippen LogP contribution in [0.15, 0.2) is 41.2 Å². The van der Waals surface area contributed by atoms with Gasteiger partial charge in [0, 0.05) is 36.6 Å². The Morgan fingerprint density at radius 3 is 2.74 bits per heavy atom. The monoisotopic (exact) mass is 328 g/mol. The van der Waals surface area contributed by atoms with Crippen LogP contribution in [0.25, 0.3) is 0 Å². The quantitative estimate of drug-likeness (QED) is 0.918. The second-order valence-electron chi connectivity index (χ2n) is 5.86. The Bertz CT molecular complexity index is 719. The molecule has 6 nitrogen and oxygen atoms in total. The van der Waals surface area contributed by atoms with Gasteiger partial charge in [-0.1, -0.05) is 18.2 Å². The second-order valence-corrected chi connectivity index (χ2v) is 6.58. The first-order chi connectivity index (χ1) is 11.2. The lowest BCUT2D eigenvalue weighted by molar-refractivity contribution is 0.0322. The van der Waals surface area contributed by atoms with Gasteiger partial charge in [0.2, 0.25) is 0 Å². The van der Waals surface area contributed by atoms with E-state index in [0.717, 1.165) is 5.69 Å². The highest BCUT2D eigenvalue weighted by Crippen LogP contribution is 2.33. The predicted molar refractivity (Wildman–Crippen MR) is 87.5 cm³/mol. The van der Waals surface area contributed by atoms with Crippen LogP contribution in [0.4, 0.5) is 10.5 Å². The van der Waals surface area contributed by atoms with E-state index in [1.165, 1.54) is 11.3 Å². The lowest BCUT2D eigenvalue weighted by atomic mass is 9.92. The zero-order valence-corrected chi connectivity index (χ0v) is 13.2. The molecule has 1 N–H and O–H groups in total. The topological polar surface area (TPSA) is 65.5 Å². The van der Waals surface area contributed by atoms with Crippen LogP contribution < -0.4 is 5.32 Å². The molecular formula is C16H16N4O2S. The van der Waals surface area contributed by atoms with Crippen LogP contribution in [0, 0.1) is 5.92 Å². The first kappa shape index (κ1) is 14.2. The Hall–Kier alpha value is -2.41. The molecule has 3 heterocycles. The average Bonchev–Trinajstić information content (AvgIpc) is 3.17. The fraction of sp³-hybridized carbons (Fsp3) is 0.312. The van der Waals surface area contributed by atoms with Gasteiger partial charge in [-0.25, -0.2) is 9.78 Å². The number of para-hydroxylation sites is 1. The van der Waals surface area contributed by atoms with E-state index in [2.05, 4.69) is 10.3 Å². The maximum Gasteiger partial charge on any atom is 0.321 e. The Morgan fingerprint density at radius 1 is 1.17 bits per heavy atom. The third-order valence-electron chi connectivity index (χ3n) is 4.46. The molecule has 3 amide bonds. The summed E-state index contributed by atoms with van der Waals surface area (Å²) in [6.07, 6.45) is 0. The van der Waals surface area contributed by atoms with Gasteiger partial charge in [0.15, 0.2) is 0 Å². The average molecular weight is 328 g/mol. The number of nitrogens with one attached hydrogen (secondary N) is 1. The van der Waals surface area contributed by atoms with Crippen molar-refractivity contribution in [2.75, 3.05) is 25.0 Å². The number of rotatable bonds is 2. The fourth-order valence-electron chi connectivity index (χ4n) is 3.23. The van der Waals surface area contributed by atoms with Gasteiger partial charge in [0.1, 0.15) is 5.69 Å². The third-order valence-corrected chi connectivity index (χ3v) is 5.05. The van der Waals surface area contributed by atoms with Crippen LogP contribution in [-0.4, -0.2) is 52.4 Å². The normalized spacial score (nSPS) is 22.4. The molecule has 0 radical (unpaired) electrons. The molecule has 0 aliphatic carbocycles. The van der Waals surface area contributed by atoms with E-state index < -0.39 is 0 Å². The lowest BCUT2D eigenvalue weighted by Crippen LogP contribution is -2.58. The number of anilines is 1. The van der Waals surface area contributed by atoms with Crippen molar-refractivity contribution in [3.8, 4) is 0 Å². The number of carbonyl (C=O) groups is 2. The van der Waals surface area contributed by atoms with Crippen molar-refractivity contribution in [3.05, 3.63) is 46.9 Å². The van der Waals surface area contributed by atoms with Crippen molar-refractivity contribution in [3.63, 3.8) is 0 Å². The first-order valence-corrected chi connectivity index (χ1v) is 8.47. The summed E-state index contributed by atoms with van der Waals surface area (Å²) in [5.41, 5.74) is 2.95. The number of nitrogens with zero attached hydrogens (tertiary/aromatic N) is 3. The predicted octanol–water partition coefficient (Wildman–Crippen LogP) is 2.13. The summed E-state index contributed by atoms with van der Waals surface area (Å²) < 4.78 is 0. The number of carbonyl (C=O) groups excluding carboxylic acids is 2. The van der Waals surface area contributed by atoms with Gasteiger partial charge < -0.3 is 15.1 Å². The van der Waals surface area contributed by atoms with E-state index in [4.69, 9.17) is 0 Å². The fourth-order valence-corrected chi connectivity index (χ4v) is 3.75. The number of thiazole rings is 1. The molecule has 2 aliphatic rings. The zero-order chi connectivity index (χ0) is 15.8. The molecule has 118 valence electrons. The van der Waals surface area contributed by atoms with Crippen LogP contribution in [0.5, 0.6) is 0 Å². The Morgan fingerprint density at radius 2 is 2.00 bits per heavy atom. The molecule has 2 atom stereocenters. The summed E-state index contributed by atoms with van der Waals surface area (Å²) in [5.74, 6) is 0.344. The lowest BCUT2D eigenvalue weighted by Gasteiger charge is -2.42. The third kappa shape index (κ3) is 2.57. The molecule has 2 aliphatic heterocycles. The van der Waals surface area contributed by atoms with Crippen molar-refractivity contribution in [2.24, 2.45) is 5.92 Å². The minimum Gasteiger partial charge on any atom is -0.332 e. The highest BCUT2D eigenvalue weighted by atomic mass is 32.1. The highest BCUT2D eigenvalue weighted by Gasteiger charge is 2.49. The highest BCUT2D eigenvalue weighted by molar-refractivity contribution is 7.07. The minimum absolute atomic E-state index is 0.0298. The Balaban J connectivity index is 1.38. The number of hydrogen-bond donors (Lipinski definition) is 1. The van der Waals surface area contributed by atoms with Gasteiger partial charge >= 0.3 is 6.03 Å². The SMILES string of the molecule is O=C(Nc1ccccc1)N1C[C@@H]2CN(C(=O)c3cscn3)[C@H]2C1. The maximum atomic E-state index is 12.3. The van der Waals surface area contributed by atoms with Crippen LogP contribution in [0.2, 0.25) is 0 Å². The summed E-state index contributed by atoms with van der Waals surface area (Å²) in [6.45, 7) is 1.99. The van der Waals surface area contributed by atoms with Crippen molar-refractivity contribution >= 4 is 29.0 Å². The smallest absolute Gasteiger partial charge is 0.321 e. The molecule has 0 bridgehead atoms. The summed E-state index contributed by atoms with van der Waals surface area (Å²) in [5, 5.41) is 4.67. The van der Waals surface area contributed by atoms with Gasteiger partial charge in [0.05, 0.1) is 11.6 Å². The summed E-state index contributed by atoms with van der Waals surface area (Å²) in [7, 11) is 0. The molecule has 2 fully saturated rings. The molecule has 0 unspecified atom stereocenters. The molecule has 2 saturated heterocycles. The number of likely N-dealkylation sites (tertiary alicyclic amines) is 2. The van der Waals surface area contributed by atoms with E-state index in [1.807, 2.05) is 35.2 Å². The molecule has 4 rings (SSSR count).